The molecule has 1 saturated heterocycles. The summed E-state index contributed by atoms with van der Waals surface area (Å²) in [4.78, 5) is 29.4. The molecule has 4 N–H and O–H groups in total. The van der Waals surface area contributed by atoms with Gasteiger partial charge in [-0.3, -0.25) is 4.79 Å². The van der Waals surface area contributed by atoms with Crippen LogP contribution in [0.1, 0.15) is 18.1 Å². The first kappa shape index (κ1) is 28.4. The van der Waals surface area contributed by atoms with Gasteiger partial charge in [-0.2, -0.15) is 0 Å². The van der Waals surface area contributed by atoms with Gasteiger partial charge in [-0.1, -0.05) is 5.16 Å². The minimum absolute atomic E-state index is 0.00620. The molecule has 37 heavy (non-hydrogen) atoms. The van der Waals surface area contributed by atoms with Crippen LogP contribution in [-0.4, -0.2) is 72.5 Å². The molecule has 0 radical (unpaired) electrons. The third-order valence-electron chi connectivity index (χ3n) is 5.77. The lowest BCUT2D eigenvalue weighted by molar-refractivity contribution is -0.115. The number of carbonyl (C=O) groups excluding carboxylic acids is 2. The largest absolute Gasteiger partial charge is 0.495 e. The maximum atomic E-state index is 12.7. The quantitative estimate of drug-likeness (QED) is 0.315. The SMILES string of the molecule is COC1=C(Br)[C@H](O)[C@@]2(C=C1Br)CC(C(=O)NC[C@H](O)c1cc(Br)c(OC[C@H]3CNC(=O)O3)c(Br)c1)=NO2. The number of ether oxygens (including phenoxy) is 3. The Morgan fingerprint density at radius 1 is 1.32 bits per heavy atom. The molecular formula is C22H21Br4N3O8. The Morgan fingerprint density at radius 2 is 2.03 bits per heavy atom. The number of hydrogen-bond donors (Lipinski definition) is 4. The van der Waals surface area contributed by atoms with Gasteiger partial charge in [-0.15, -0.1) is 0 Å². The van der Waals surface area contributed by atoms with Gasteiger partial charge >= 0.3 is 6.09 Å². The Kier molecular flexibility index (Phi) is 8.90. The number of aliphatic hydroxyl groups excluding tert-OH is 2. The van der Waals surface area contributed by atoms with E-state index in [0.717, 1.165) is 0 Å². The summed E-state index contributed by atoms with van der Waals surface area (Å²) in [5.41, 5.74) is -0.696. The summed E-state index contributed by atoms with van der Waals surface area (Å²) in [7, 11) is 1.47. The number of halogens is 4. The van der Waals surface area contributed by atoms with Crippen LogP contribution < -0.4 is 15.4 Å². The van der Waals surface area contributed by atoms with Crippen molar-refractivity contribution in [3.05, 3.63) is 47.4 Å². The molecule has 1 spiro atoms. The molecule has 2 heterocycles. The first-order chi connectivity index (χ1) is 17.5. The minimum Gasteiger partial charge on any atom is -0.495 e. The standard InChI is InChI=1S/C22H21Br4N3O8/c1-34-18-13(25)4-22(19(31)16(18)26)5-14(29-37-22)20(32)27-7-15(30)9-2-11(23)17(12(24)3-9)35-8-10-6-28-21(33)36-10/h2-4,10,15,19,30-31H,5-8H2,1H3,(H,27,32)(H,28,33)/t10-,15+,19+,22-/m1/s1. The summed E-state index contributed by atoms with van der Waals surface area (Å²) in [6.45, 7) is 0.406. The highest BCUT2D eigenvalue weighted by atomic mass is 79.9. The Hall–Kier alpha value is -1.65. The molecule has 0 bridgehead atoms. The summed E-state index contributed by atoms with van der Waals surface area (Å²) in [6, 6.07) is 3.33. The van der Waals surface area contributed by atoms with Gasteiger partial charge in [0.15, 0.2) is 11.7 Å². The highest BCUT2D eigenvalue weighted by molar-refractivity contribution is 9.12. The second-order valence-electron chi connectivity index (χ2n) is 8.30. The van der Waals surface area contributed by atoms with Gasteiger partial charge in [-0.25, -0.2) is 4.79 Å². The molecule has 11 nitrogen and oxygen atoms in total. The van der Waals surface area contributed by atoms with Crippen molar-refractivity contribution in [2.75, 3.05) is 26.8 Å². The third kappa shape index (κ3) is 6.01. The third-order valence-corrected chi connectivity index (χ3v) is 8.33. The van der Waals surface area contributed by atoms with E-state index in [1.54, 1.807) is 18.2 Å². The summed E-state index contributed by atoms with van der Waals surface area (Å²) in [6.07, 6.45) is -1.47. The first-order valence-electron chi connectivity index (χ1n) is 10.8. The van der Waals surface area contributed by atoms with Crippen LogP contribution >= 0.6 is 63.7 Å². The van der Waals surface area contributed by atoms with Crippen molar-refractivity contribution in [2.24, 2.45) is 5.16 Å². The molecule has 200 valence electrons. The molecule has 15 heteroatoms. The van der Waals surface area contributed by atoms with Crippen molar-refractivity contribution in [3.63, 3.8) is 0 Å². The number of cyclic esters (lactones) is 1. The van der Waals surface area contributed by atoms with Crippen molar-refractivity contribution in [1.29, 1.82) is 0 Å². The Labute approximate surface area is 245 Å². The number of oxime groups is 1. The minimum atomic E-state index is -1.27. The number of rotatable bonds is 8. The number of amides is 2. The van der Waals surface area contributed by atoms with E-state index in [-0.39, 0.29) is 25.3 Å². The predicted octanol–water partition coefficient (Wildman–Crippen LogP) is 3.27. The Morgan fingerprint density at radius 3 is 2.65 bits per heavy atom. The van der Waals surface area contributed by atoms with Gasteiger partial charge in [-0.05, 0) is 87.5 Å². The van der Waals surface area contributed by atoms with Crippen LogP contribution in [-0.2, 0) is 19.1 Å². The van der Waals surface area contributed by atoms with Crippen LogP contribution in [0.2, 0.25) is 0 Å². The fourth-order valence-corrected chi connectivity index (χ4v) is 7.08. The summed E-state index contributed by atoms with van der Waals surface area (Å²) >= 11 is 13.5. The molecule has 1 aromatic carbocycles. The van der Waals surface area contributed by atoms with E-state index in [4.69, 9.17) is 19.0 Å². The number of nitrogens with one attached hydrogen (secondary N) is 2. The molecule has 0 aromatic heterocycles. The van der Waals surface area contributed by atoms with Crippen LogP contribution in [0.15, 0.2) is 47.0 Å². The Balaban J connectivity index is 1.34. The van der Waals surface area contributed by atoms with Gasteiger partial charge < -0.3 is 39.9 Å². The smallest absolute Gasteiger partial charge is 0.407 e. The van der Waals surface area contributed by atoms with Gasteiger partial charge in [0.25, 0.3) is 5.91 Å². The summed E-state index contributed by atoms with van der Waals surface area (Å²) in [5, 5.41) is 30.5. The van der Waals surface area contributed by atoms with E-state index in [1.165, 1.54) is 7.11 Å². The van der Waals surface area contributed by atoms with Crippen molar-refractivity contribution >= 4 is 81.4 Å². The lowest BCUT2D eigenvalue weighted by atomic mass is 9.87. The van der Waals surface area contributed by atoms with Crippen LogP contribution in [0.25, 0.3) is 0 Å². The van der Waals surface area contributed by atoms with Crippen molar-refractivity contribution in [1.82, 2.24) is 10.6 Å². The molecule has 1 aromatic rings. The van der Waals surface area contributed by atoms with Crippen LogP contribution in [0, 0.1) is 0 Å². The van der Waals surface area contributed by atoms with Crippen molar-refractivity contribution in [3.8, 4) is 5.75 Å². The van der Waals surface area contributed by atoms with Crippen LogP contribution in [0.5, 0.6) is 5.75 Å². The highest BCUT2D eigenvalue weighted by Crippen LogP contribution is 2.44. The molecule has 4 atom stereocenters. The zero-order chi connectivity index (χ0) is 26.9. The number of aliphatic hydroxyl groups is 2. The zero-order valence-corrected chi connectivity index (χ0v) is 25.4. The van der Waals surface area contributed by atoms with Crippen molar-refractivity contribution in [2.45, 2.75) is 30.3 Å². The Bertz CT molecular complexity index is 1180. The van der Waals surface area contributed by atoms with E-state index in [2.05, 4.69) is 79.5 Å². The number of allylic oxidation sites excluding steroid dienone is 1. The summed E-state index contributed by atoms with van der Waals surface area (Å²) < 4.78 is 18.1. The molecule has 2 aliphatic heterocycles. The fourth-order valence-electron chi connectivity index (χ4n) is 3.84. The first-order valence-corrected chi connectivity index (χ1v) is 14.0. The molecule has 1 aliphatic carbocycles. The molecule has 0 unspecified atom stereocenters. The van der Waals surface area contributed by atoms with E-state index in [1.807, 2.05) is 0 Å². The van der Waals surface area contributed by atoms with Gasteiger partial charge in [0, 0.05) is 13.0 Å². The second kappa shape index (κ2) is 11.6. The van der Waals surface area contributed by atoms with Crippen LogP contribution in [0.4, 0.5) is 4.79 Å². The number of nitrogens with zero attached hydrogens (tertiary/aromatic N) is 1. The van der Waals surface area contributed by atoms with Crippen LogP contribution in [0.3, 0.4) is 0 Å². The topological polar surface area (TPSA) is 148 Å². The fraction of sp³-hybridized carbons (Fsp3) is 0.409. The van der Waals surface area contributed by atoms with E-state index in [9.17, 15) is 19.8 Å². The van der Waals surface area contributed by atoms with Gasteiger partial charge in [0.05, 0.1) is 37.7 Å². The number of alkyl carbamates (subject to hydrolysis) is 1. The van der Waals surface area contributed by atoms with Gasteiger partial charge in [0.1, 0.15) is 29.9 Å². The van der Waals surface area contributed by atoms with E-state index in [0.29, 0.717) is 41.5 Å². The maximum Gasteiger partial charge on any atom is 0.407 e. The van der Waals surface area contributed by atoms with E-state index >= 15 is 0 Å². The summed E-state index contributed by atoms with van der Waals surface area (Å²) in [5.74, 6) is 0.353. The molecule has 1 fully saturated rings. The number of carbonyl (C=O) groups is 2. The molecule has 0 saturated carbocycles. The van der Waals surface area contributed by atoms with Crippen molar-refractivity contribution < 1.29 is 38.9 Å². The average molecular weight is 775 g/mol. The molecule has 3 aliphatic rings. The monoisotopic (exact) mass is 771 g/mol. The normalized spacial score (nSPS) is 25.6. The molecule has 2 amide bonds. The average Bonchev–Trinajstić information content (AvgIpc) is 3.47. The lowest BCUT2D eigenvalue weighted by Crippen LogP contribution is -2.45. The second-order valence-corrected chi connectivity index (χ2v) is 11.7. The predicted molar refractivity (Wildman–Crippen MR) is 145 cm³/mol. The maximum absolute atomic E-state index is 12.7. The number of hydrogen-bond acceptors (Lipinski definition) is 9. The number of methoxy groups -OCH3 is 1. The molecule has 4 rings (SSSR count). The highest BCUT2D eigenvalue weighted by Gasteiger charge is 2.50. The number of benzene rings is 1. The van der Waals surface area contributed by atoms with E-state index < -0.39 is 35.9 Å². The lowest BCUT2D eigenvalue weighted by Gasteiger charge is -2.33. The van der Waals surface area contributed by atoms with Gasteiger partial charge in [0.2, 0.25) is 0 Å². The zero-order valence-electron chi connectivity index (χ0n) is 19.1. The molecular weight excluding hydrogens is 754 g/mol.